The molecular weight excluding hydrogens is 328 g/mol. The maximum Gasteiger partial charge on any atom is 0.283 e. The fourth-order valence-corrected chi connectivity index (χ4v) is 3.16. The van der Waals surface area contributed by atoms with Crippen molar-refractivity contribution in [2.24, 2.45) is 0 Å². The van der Waals surface area contributed by atoms with E-state index in [4.69, 9.17) is 0 Å². The lowest BCUT2D eigenvalue weighted by Gasteiger charge is -2.07. The second-order valence-corrected chi connectivity index (χ2v) is 5.93. The van der Waals surface area contributed by atoms with Crippen molar-refractivity contribution >= 4 is 33.0 Å². The van der Waals surface area contributed by atoms with Crippen LogP contribution in [0, 0.1) is 17.0 Å². The largest absolute Gasteiger partial charge is 0.308 e. The highest BCUT2D eigenvalue weighted by Crippen LogP contribution is 2.28. The van der Waals surface area contributed by atoms with Gasteiger partial charge in [0.05, 0.1) is 9.40 Å². The Hall–Kier alpha value is -1.24. The topological polar surface area (TPSA) is 55.2 Å². The van der Waals surface area contributed by atoms with Crippen molar-refractivity contribution < 1.29 is 4.92 Å². The summed E-state index contributed by atoms with van der Waals surface area (Å²) >= 11 is 5.01. The Morgan fingerprint density at radius 3 is 2.79 bits per heavy atom. The fraction of sp³-hybridized carbons (Fsp3) is 0.231. The number of hydrogen-bond acceptors (Lipinski definition) is 4. The number of halogens is 1. The van der Waals surface area contributed by atoms with Gasteiger partial charge in [-0.3, -0.25) is 10.1 Å². The Morgan fingerprint density at radius 1 is 1.37 bits per heavy atom. The summed E-state index contributed by atoms with van der Waals surface area (Å²) in [6, 6.07) is 7.17. The molecule has 0 aliphatic carbocycles. The highest BCUT2D eigenvalue weighted by molar-refractivity contribution is 9.10. The first-order valence-electron chi connectivity index (χ1n) is 5.75. The zero-order valence-electron chi connectivity index (χ0n) is 10.4. The van der Waals surface area contributed by atoms with Crippen LogP contribution in [0.1, 0.15) is 16.0 Å². The Morgan fingerprint density at radius 2 is 2.16 bits per heavy atom. The number of nitrogens with one attached hydrogen (secondary N) is 1. The summed E-state index contributed by atoms with van der Waals surface area (Å²) in [7, 11) is 0. The van der Waals surface area contributed by atoms with Crippen LogP contribution in [0.25, 0.3) is 0 Å². The maximum atomic E-state index is 10.8. The van der Waals surface area contributed by atoms with Crippen LogP contribution >= 0.6 is 27.3 Å². The molecule has 0 bridgehead atoms. The molecule has 0 fully saturated rings. The number of nitro benzene ring substituents is 1. The van der Waals surface area contributed by atoms with Gasteiger partial charge < -0.3 is 5.32 Å². The molecule has 19 heavy (non-hydrogen) atoms. The first-order chi connectivity index (χ1) is 9.09. The molecule has 0 amide bonds. The number of thiophene rings is 1. The van der Waals surface area contributed by atoms with E-state index >= 15 is 0 Å². The minimum Gasteiger partial charge on any atom is -0.308 e. The van der Waals surface area contributed by atoms with Crippen molar-refractivity contribution in [3.8, 4) is 0 Å². The monoisotopic (exact) mass is 340 g/mol. The number of benzene rings is 1. The highest BCUT2D eigenvalue weighted by atomic mass is 79.9. The first-order valence-corrected chi connectivity index (χ1v) is 7.42. The van der Waals surface area contributed by atoms with Gasteiger partial charge in [0.25, 0.3) is 5.69 Å². The quantitative estimate of drug-likeness (QED) is 0.660. The predicted molar refractivity (Wildman–Crippen MR) is 80.4 cm³/mol. The number of hydrogen-bond donors (Lipinski definition) is 1. The van der Waals surface area contributed by atoms with Gasteiger partial charge in [-0.05, 0) is 45.4 Å². The van der Waals surface area contributed by atoms with Crippen LogP contribution in [-0.2, 0) is 13.1 Å². The molecule has 0 saturated heterocycles. The smallest absolute Gasteiger partial charge is 0.283 e. The molecule has 4 nitrogen and oxygen atoms in total. The zero-order chi connectivity index (χ0) is 13.8. The first kappa shape index (κ1) is 14.2. The molecule has 0 unspecified atom stereocenters. The molecule has 0 atom stereocenters. The van der Waals surface area contributed by atoms with Crippen molar-refractivity contribution in [1.82, 2.24) is 5.32 Å². The third-order valence-electron chi connectivity index (χ3n) is 2.82. The van der Waals surface area contributed by atoms with Crippen LogP contribution < -0.4 is 5.32 Å². The van der Waals surface area contributed by atoms with E-state index < -0.39 is 0 Å². The molecule has 0 aliphatic heterocycles. The minimum atomic E-state index is -0.378. The summed E-state index contributed by atoms with van der Waals surface area (Å²) in [5.41, 5.74) is 2.27. The van der Waals surface area contributed by atoms with Crippen molar-refractivity contribution in [2.45, 2.75) is 20.0 Å². The van der Waals surface area contributed by atoms with E-state index in [9.17, 15) is 10.1 Å². The summed E-state index contributed by atoms with van der Waals surface area (Å²) in [5.74, 6) is 0. The Bertz CT molecular complexity index is 598. The molecule has 2 rings (SSSR count). The van der Waals surface area contributed by atoms with E-state index in [0.717, 1.165) is 12.1 Å². The summed E-state index contributed by atoms with van der Waals surface area (Å²) in [4.78, 5) is 11.8. The lowest BCUT2D eigenvalue weighted by Crippen LogP contribution is -2.13. The molecule has 1 heterocycles. The van der Waals surface area contributed by atoms with E-state index in [-0.39, 0.29) is 10.6 Å². The lowest BCUT2D eigenvalue weighted by molar-refractivity contribution is -0.385. The number of nitro groups is 1. The van der Waals surface area contributed by atoms with Crippen LogP contribution in [0.5, 0.6) is 0 Å². The summed E-state index contributed by atoms with van der Waals surface area (Å²) in [6.07, 6.45) is 0. The molecule has 0 saturated carbocycles. The van der Waals surface area contributed by atoms with Gasteiger partial charge in [-0.2, -0.15) is 0 Å². The average Bonchev–Trinajstić information content (AvgIpc) is 2.77. The molecule has 6 heteroatoms. The van der Waals surface area contributed by atoms with E-state index in [1.54, 1.807) is 17.4 Å². The van der Waals surface area contributed by atoms with Crippen molar-refractivity contribution in [1.29, 1.82) is 0 Å². The molecule has 1 aromatic heterocycles. The summed E-state index contributed by atoms with van der Waals surface area (Å²) in [6.45, 7) is 3.45. The third-order valence-corrected chi connectivity index (χ3v) is 4.76. The van der Waals surface area contributed by atoms with Gasteiger partial charge in [-0.15, -0.1) is 11.3 Å². The molecule has 0 radical (unpaired) electrons. The lowest BCUT2D eigenvalue weighted by atomic mass is 10.2. The van der Waals surface area contributed by atoms with Crippen molar-refractivity contribution in [3.05, 3.63) is 60.2 Å². The molecule has 1 aromatic carbocycles. The maximum absolute atomic E-state index is 10.8. The second kappa shape index (κ2) is 6.27. The van der Waals surface area contributed by atoms with E-state index in [1.165, 1.54) is 16.5 Å². The van der Waals surface area contributed by atoms with Gasteiger partial charge in [-0.25, -0.2) is 0 Å². The second-order valence-electron chi connectivity index (χ2n) is 4.14. The van der Waals surface area contributed by atoms with Crippen LogP contribution in [0.2, 0.25) is 0 Å². The van der Waals surface area contributed by atoms with Gasteiger partial charge in [0, 0.05) is 24.0 Å². The van der Waals surface area contributed by atoms with Gasteiger partial charge in [-0.1, -0.05) is 12.1 Å². The molecular formula is C13H13BrN2O2S. The number of rotatable bonds is 5. The molecule has 0 spiro atoms. The number of aryl methyl sites for hydroxylation is 1. The zero-order valence-corrected chi connectivity index (χ0v) is 12.8. The van der Waals surface area contributed by atoms with Gasteiger partial charge >= 0.3 is 0 Å². The van der Waals surface area contributed by atoms with E-state index in [0.29, 0.717) is 11.0 Å². The highest BCUT2D eigenvalue weighted by Gasteiger charge is 2.14. The standard InChI is InChI=1S/C13H13BrN2O2S/c1-9-5-6-19-12(9)8-15-7-10-3-2-4-11(13(10)14)16(17)18/h2-6,15H,7-8H2,1H3. The van der Waals surface area contributed by atoms with Gasteiger partial charge in [0.15, 0.2) is 0 Å². The minimum absolute atomic E-state index is 0.103. The Kier molecular flexibility index (Phi) is 4.68. The van der Waals surface area contributed by atoms with Crippen LogP contribution in [0.4, 0.5) is 5.69 Å². The Balaban J connectivity index is 2.02. The van der Waals surface area contributed by atoms with Crippen LogP contribution in [-0.4, -0.2) is 4.92 Å². The van der Waals surface area contributed by atoms with Gasteiger partial charge in [0.2, 0.25) is 0 Å². The van der Waals surface area contributed by atoms with Crippen molar-refractivity contribution in [2.75, 3.05) is 0 Å². The van der Waals surface area contributed by atoms with E-state index in [1.807, 2.05) is 6.07 Å². The van der Waals surface area contributed by atoms with Crippen LogP contribution in [0.3, 0.4) is 0 Å². The van der Waals surface area contributed by atoms with Crippen LogP contribution in [0.15, 0.2) is 34.1 Å². The van der Waals surface area contributed by atoms with Crippen molar-refractivity contribution in [3.63, 3.8) is 0 Å². The normalized spacial score (nSPS) is 10.6. The molecule has 1 N–H and O–H groups in total. The summed E-state index contributed by atoms with van der Waals surface area (Å²) in [5, 5.41) is 16.2. The number of nitrogens with zero attached hydrogens (tertiary/aromatic N) is 1. The van der Waals surface area contributed by atoms with E-state index in [2.05, 4.69) is 39.6 Å². The molecule has 0 aliphatic rings. The summed E-state index contributed by atoms with van der Waals surface area (Å²) < 4.78 is 0.551. The predicted octanol–water partition coefficient (Wildman–Crippen LogP) is 4.02. The molecule has 2 aromatic rings. The third kappa shape index (κ3) is 3.40. The fourth-order valence-electron chi connectivity index (χ4n) is 1.74. The Labute approximate surface area is 123 Å². The average molecular weight is 341 g/mol. The van der Waals surface area contributed by atoms with Gasteiger partial charge in [0.1, 0.15) is 0 Å². The SMILES string of the molecule is Cc1ccsc1CNCc1cccc([N+](=O)[O-])c1Br. The molecule has 100 valence electrons.